The largest absolute Gasteiger partial charge is 0.325 e. The maximum atomic E-state index is 12.3. The standard InChI is InChI=1S/C12H20N4O3/c13-15-9(17)5-1-4-8-16-10(18)12(14-11(16)19)6-2-3-7-12/h1-8,13H2,(H,14,19)(H,15,17). The molecular formula is C12H20N4O3. The number of nitrogens with two attached hydrogens (primary N) is 1. The predicted octanol–water partition coefficient (Wildman–Crippen LogP) is 0.0112. The molecule has 1 heterocycles. The summed E-state index contributed by atoms with van der Waals surface area (Å²) in [5.74, 6) is 4.64. The molecule has 0 radical (unpaired) electrons. The third-order valence-corrected chi connectivity index (χ3v) is 3.90. The van der Waals surface area contributed by atoms with Crippen LogP contribution in [0.1, 0.15) is 44.9 Å². The molecule has 0 aromatic carbocycles. The quantitative estimate of drug-likeness (QED) is 0.215. The van der Waals surface area contributed by atoms with E-state index in [0.29, 0.717) is 25.8 Å². The van der Waals surface area contributed by atoms with Gasteiger partial charge in [-0.15, -0.1) is 0 Å². The van der Waals surface area contributed by atoms with Gasteiger partial charge in [-0.2, -0.15) is 0 Å². The van der Waals surface area contributed by atoms with E-state index < -0.39 is 5.54 Å². The maximum Gasteiger partial charge on any atom is 0.325 e. The van der Waals surface area contributed by atoms with E-state index in [-0.39, 0.29) is 17.8 Å². The van der Waals surface area contributed by atoms with Crippen molar-refractivity contribution in [1.82, 2.24) is 15.6 Å². The Morgan fingerprint density at radius 1 is 1.32 bits per heavy atom. The number of carbonyl (C=O) groups is 3. The Hall–Kier alpha value is -1.63. The SMILES string of the molecule is NNC(=O)CCCCN1C(=O)NC2(CCCC2)C1=O. The molecule has 0 unspecified atom stereocenters. The Morgan fingerprint density at radius 2 is 2.00 bits per heavy atom. The molecule has 7 heteroatoms. The molecule has 19 heavy (non-hydrogen) atoms. The van der Waals surface area contributed by atoms with Crippen LogP contribution < -0.4 is 16.6 Å². The van der Waals surface area contributed by atoms with Gasteiger partial charge in [0.1, 0.15) is 5.54 Å². The second-order valence-corrected chi connectivity index (χ2v) is 5.20. The lowest BCUT2D eigenvalue weighted by Crippen LogP contribution is -2.44. The van der Waals surface area contributed by atoms with Crippen LogP contribution in [0.25, 0.3) is 0 Å². The molecular weight excluding hydrogens is 248 g/mol. The Bertz CT molecular complexity index is 390. The highest BCUT2D eigenvalue weighted by molar-refractivity contribution is 6.07. The van der Waals surface area contributed by atoms with Crippen molar-refractivity contribution >= 4 is 17.8 Å². The van der Waals surface area contributed by atoms with E-state index in [0.717, 1.165) is 25.7 Å². The monoisotopic (exact) mass is 268 g/mol. The molecule has 0 bridgehead atoms. The number of nitrogens with one attached hydrogen (secondary N) is 2. The lowest BCUT2D eigenvalue weighted by atomic mass is 9.98. The fraction of sp³-hybridized carbons (Fsp3) is 0.750. The highest BCUT2D eigenvalue weighted by atomic mass is 16.2. The smallest absolute Gasteiger partial charge is 0.323 e. The van der Waals surface area contributed by atoms with E-state index in [1.807, 2.05) is 0 Å². The van der Waals surface area contributed by atoms with Gasteiger partial charge in [0, 0.05) is 13.0 Å². The molecule has 4 amide bonds. The number of imide groups is 1. The van der Waals surface area contributed by atoms with Crippen LogP contribution in [0.4, 0.5) is 4.79 Å². The lowest BCUT2D eigenvalue weighted by Gasteiger charge is -2.19. The van der Waals surface area contributed by atoms with Crippen LogP contribution in [0.15, 0.2) is 0 Å². The molecule has 0 aromatic heterocycles. The Kier molecular flexibility index (Phi) is 4.04. The van der Waals surface area contributed by atoms with Gasteiger partial charge in [-0.25, -0.2) is 10.6 Å². The molecule has 2 aliphatic rings. The number of nitrogens with zero attached hydrogens (tertiary/aromatic N) is 1. The number of rotatable bonds is 5. The maximum absolute atomic E-state index is 12.3. The van der Waals surface area contributed by atoms with Gasteiger partial charge >= 0.3 is 6.03 Å². The summed E-state index contributed by atoms with van der Waals surface area (Å²) in [5, 5.41) is 2.83. The number of urea groups is 1. The van der Waals surface area contributed by atoms with Gasteiger partial charge in [-0.05, 0) is 25.7 Å². The zero-order valence-electron chi connectivity index (χ0n) is 10.9. The summed E-state index contributed by atoms with van der Waals surface area (Å²) in [6, 6.07) is -0.296. The van der Waals surface area contributed by atoms with Crippen LogP contribution in [-0.4, -0.2) is 34.8 Å². The van der Waals surface area contributed by atoms with Gasteiger partial charge in [0.05, 0.1) is 0 Å². The lowest BCUT2D eigenvalue weighted by molar-refractivity contribution is -0.131. The predicted molar refractivity (Wildman–Crippen MR) is 67.6 cm³/mol. The Morgan fingerprint density at radius 3 is 2.63 bits per heavy atom. The normalized spacial score (nSPS) is 21.0. The summed E-state index contributed by atoms with van der Waals surface area (Å²) in [4.78, 5) is 36.3. The molecule has 0 aromatic rings. The van der Waals surface area contributed by atoms with Crippen molar-refractivity contribution in [3.63, 3.8) is 0 Å². The minimum Gasteiger partial charge on any atom is -0.323 e. The van der Waals surface area contributed by atoms with Crippen LogP contribution in [0, 0.1) is 0 Å². The van der Waals surface area contributed by atoms with E-state index in [2.05, 4.69) is 10.7 Å². The van der Waals surface area contributed by atoms with Gasteiger partial charge in [0.25, 0.3) is 5.91 Å². The molecule has 4 N–H and O–H groups in total. The molecule has 0 atom stereocenters. The third-order valence-electron chi connectivity index (χ3n) is 3.90. The van der Waals surface area contributed by atoms with Crippen LogP contribution in [0.5, 0.6) is 0 Å². The van der Waals surface area contributed by atoms with Gasteiger partial charge in [0.2, 0.25) is 5.91 Å². The summed E-state index contributed by atoms with van der Waals surface area (Å²) >= 11 is 0. The summed E-state index contributed by atoms with van der Waals surface area (Å²) < 4.78 is 0. The van der Waals surface area contributed by atoms with Crippen molar-refractivity contribution in [2.75, 3.05) is 6.54 Å². The average Bonchev–Trinajstić information content (AvgIpc) is 2.94. The Balaban J connectivity index is 1.82. The summed E-state index contributed by atoms with van der Waals surface area (Å²) in [6.07, 6.45) is 4.97. The van der Waals surface area contributed by atoms with Crippen LogP contribution in [0.3, 0.4) is 0 Å². The van der Waals surface area contributed by atoms with Crippen LogP contribution >= 0.6 is 0 Å². The van der Waals surface area contributed by atoms with Gasteiger partial charge in [-0.1, -0.05) is 12.8 Å². The summed E-state index contributed by atoms with van der Waals surface area (Å²) in [6.45, 7) is 0.365. The fourth-order valence-electron chi connectivity index (χ4n) is 2.82. The molecule has 1 saturated heterocycles. The molecule has 1 spiro atoms. The summed E-state index contributed by atoms with van der Waals surface area (Å²) in [7, 11) is 0. The number of hydrogen-bond acceptors (Lipinski definition) is 4. The first kappa shape index (κ1) is 13.8. The van der Waals surface area contributed by atoms with Crippen molar-refractivity contribution in [3.05, 3.63) is 0 Å². The van der Waals surface area contributed by atoms with E-state index in [4.69, 9.17) is 5.84 Å². The Labute approximate surface area is 111 Å². The second-order valence-electron chi connectivity index (χ2n) is 5.20. The molecule has 1 aliphatic heterocycles. The number of hydrogen-bond donors (Lipinski definition) is 3. The third kappa shape index (κ3) is 2.70. The first-order valence-corrected chi connectivity index (χ1v) is 6.73. The minimum atomic E-state index is -0.633. The van der Waals surface area contributed by atoms with Crippen molar-refractivity contribution in [2.45, 2.75) is 50.5 Å². The van der Waals surface area contributed by atoms with Gasteiger partial charge < -0.3 is 5.32 Å². The average molecular weight is 268 g/mol. The summed E-state index contributed by atoms with van der Waals surface area (Å²) in [5.41, 5.74) is 1.42. The number of hydrazine groups is 1. The molecule has 1 saturated carbocycles. The zero-order chi connectivity index (χ0) is 13.9. The topological polar surface area (TPSA) is 105 Å². The van der Waals surface area contributed by atoms with Crippen molar-refractivity contribution in [1.29, 1.82) is 0 Å². The molecule has 7 nitrogen and oxygen atoms in total. The van der Waals surface area contributed by atoms with Crippen molar-refractivity contribution in [3.8, 4) is 0 Å². The molecule has 2 rings (SSSR count). The van der Waals surface area contributed by atoms with Crippen molar-refractivity contribution in [2.24, 2.45) is 5.84 Å². The minimum absolute atomic E-state index is 0.0988. The zero-order valence-corrected chi connectivity index (χ0v) is 10.9. The van der Waals surface area contributed by atoms with Crippen LogP contribution in [-0.2, 0) is 9.59 Å². The number of unbranched alkanes of at least 4 members (excludes halogenated alkanes) is 1. The second kappa shape index (κ2) is 5.56. The van der Waals surface area contributed by atoms with Gasteiger partial charge in [0.15, 0.2) is 0 Å². The number of amides is 4. The number of carbonyl (C=O) groups excluding carboxylic acids is 3. The van der Waals surface area contributed by atoms with E-state index in [9.17, 15) is 14.4 Å². The molecule has 2 fully saturated rings. The molecule has 1 aliphatic carbocycles. The highest BCUT2D eigenvalue weighted by Gasteiger charge is 2.51. The van der Waals surface area contributed by atoms with Crippen LogP contribution in [0.2, 0.25) is 0 Å². The fourth-order valence-corrected chi connectivity index (χ4v) is 2.82. The van der Waals surface area contributed by atoms with E-state index >= 15 is 0 Å². The van der Waals surface area contributed by atoms with E-state index in [1.54, 1.807) is 0 Å². The van der Waals surface area contributed by atoms with Gasteiger partial charge in [-0.3, -0.25) is 19.9 Å². The highest BCUT2D eigenvalue weighted by Crippen LogP contribution is 2.35. The first-order valence-electron chi connectivity index (χ1n) is 6.73. The van der Waals surface area contributed by atoms with Crippen molar-refractivity contribution < 1.29 is 14.4 Å². The first-order chi connectivity index (χ1) is 9.09. The van der Waals surface area contributed by atoms with E-state index in [1.165, 1.54) is 4.90 Å². The molecule has 106 valence electrons.